The van der Waals surface area contributed by atoms with Crippen LogP contribution in [-0.4, -0.2) is 22.8 Å². The average Bonchev–Trinajstić information content (AvgIpc) is 2.09. The lowest BCUT2D eigenvalue weighted by molar-refractivity contribution is -0.115. The molecule has 0 aliphatic carbocycles. The zero-order valence-corrected chi connectivity index (χ0v) is 8.30. The van der Waals surface area contributed by atoms with Gasteiger partial charge in [-0.2, -0.15) is 11.8 Å². The minimum absolute atomic E-state index is 0.187. The minimum Gasteiger partial charge on any atom is -0.383 e. The highest BCUT2D eigenvalue weighted by atomic mass is 32.2. The van der Waals surface area contributed by atoms with Gasteiger partial charge in [-0.1, -0.05) is 6.07 Å². The van der Waals surface area contributed by atoms with Gasteiger partial charge >= 0.3 is 0 Å². The zero-order chi connectivity index (χ0) is 9.68. The number of nitrogen functional groups attached to an aromatic ring is 1. The van der Waals surface area contributed by atoms with Gasteiger partial charge in [0.1, 0.15) is 11.6 Å². The zero-order valence-electron chi connectivity index (χ0n) is 7.49. The summed E-state index contributed by atoms with van der Waals surface area (Å²) in [5, 5.41) is 0. The molecule has 0 spiro atoms. The maximum absolute atomic E-state index is 11.3. The van der Waals surface area contributed by atoms with E-state index in [1.54, 1.807) is 12.3 Å². The molecule has 1 rings (SSSR count). The average molecular weight is 196 g/mol. The second-order valence-electron chi connectivity index (χ2n) is 2.70. The molecule has 0 saturated heterocycles. The lowest BCUT2D eigenvalue weighted by Crippen LogP contribution is -2.08. The Morgan fingerprint density at radius 3 is 3.08 bits per heavy atom. The molecule has 1 aromatic heterocycles. The van der Waals surface area contributed by atoms with Gasteiger partial charge in [0.05, 0.1) is 5.75 Å². The number of aromatic nitrogens is 1. The summed E-state index contributed by atoms with van der Waals surface area (Å²) in [5.74, 6) is 1.18. The number of hydrogen-bond acceptors (Lipinski definition) is 4. The predicted octanol–water partition coefficient (Wildman–Crippen LogP) is 1.14. The van der Waals surface area contributed by atoms with E-state index in [4.69, 9.17) is 5.73 Å². The molecule has 0 aromatic carbocycles. The molecule has 0 radical (unpaired) electrons. The van der Waals surface area contributed by atoms with Crippen LogP contribution in [0.15, 0.2) is 18.3 Å². The summed E-state index contributed by atoms with van der Waals surface area (Å²) >= 11 is 1.52. The third-order valence-corrected chi connectivity index (χ3v) is 2.23. The van der Waals surface area contributed by atoms with Crippen molar-refractivity contribution in [1.82, 2.24) is 4.98 Å². The van der Waals surface area contributed by atoms with Crippen molar-refractivity contribution in [2.24, 2.45) is 0 Å². The van der Waals surface area contributed by atoms with E-state index in [2.05, 4.69) is 4.98 Å². The molecule has 0 bridgehead atoms. The van der Waals surface area contributed by atoms with E-state index in [0.29, 0.717) is 18.0 Å². The van der Waals surface area contributed by atoms with Crippen molar-refractivity contribution in [3.63, 3.8) is 0 Å². The van der Waals surface area contributed by atoms with Crippen LogP contribution < -0.4 is 5.73 Å². The van der Waals surface area contributed by atoms with Crippen LogP contribution in [-0.2, 0) is 11.2 Å². The van der Waals surface area contributed by atoms with Gasteiger partial charge in [0, 0.05) is 18.2 Å². The Balaban J connectivity index is 2.63. The Bertz CT molecular complexity index is 301. The number of rotatable bonds is 4. The number of thioether (sulfide) groups is 1. The number of ketones is 1. The Morgan fingerprint density at radius 1 is 1.69 bits per heavy atom. The standard InChI is InChI=1S/C9H12N2OS/c1-13-6-8(12)5-7-3-2-4-11-9(7)10/h2-4H,5-6H2,1H3,(H2,10,11). The van der Waals surface area contributed by atoms with Gasteiger partial charge in [0.25, 0.3) is 0 Å². The van der Waals surface area contributed by atoms with Gasteiger partial charge in [-0.15, -0.1) is 0 Å². The topological polar surface area (TPSA) is 56.0 Å². The van der Waals surface area contributed by atoms with Gasteiger partial charge in [-0.3, -0.25) is 4.79 Å². The first kappa shape index (κ1) is 10.1. The molecule has 13 heavy (non-hydrogen) atoms. The summed E-state index contributed by atoms with van der Waals surface area (Å²) in [5.41, 5.74) is 6.42. The quantitative estimate of drug-likeness (QED) is 0.784. The highest BCUT2D eigenvalue weighted by Gasteiger charge is 2.05. The van der Waals surface area contributed by atoms with Gasteiger partial charge < -0.3 is 5.73 Å². The minimum atomic E-state index is 0.187. The molecule has 1 aromatic rings. The molecule has 0 aliphatic heterocycles. The number of carbonyl (C=O) groups is 1. The van der Waals surface area contributed by atoms with E-state index in [0.717, 1.165) is 5.56 Å². The third kappa shape index (κ3) is 3.06. The van der Waals surface area contributed by atoms with Crippen molar-refractivity contribution in [2.45, 2.75) is 6.42 Å². The van der Waals surface area contributed by atoms with Crippen molar-refractivity contribution < 1.29 is 4.79 Å². The monoisotopic (exact) mass is 196 g/mol. The Kier molecular flexibility index (Phi) is 3.76. The summed E-state index contributed by atoms with van der Waals surface area (Å²) in [4.78, 5) is 15.2. The first-order chi connectivity index (χ1) is 6.24. The summed E-state index contributed by atoms with van der Waals surface area (Å²) in [6.45, 7) is 0. The van der Waals surface area contributed by atoms with Crippen molar-refractivity contribution >= 4 is 23.4 Å². The maximum Gasteiger partial charge on any atom is 0.147 e. The lowest BCUT2D eigenvalue weighted by atomic mass is 10.1. The molecule has 1 heterocycles. The summed E-state index contributed by atoms with van der Waals surface area (Å²) in [6, 6.07) is 3.62. The molecule has 70 valence electrons. The normalized spacial score (nSPS) is 9.92. The molecule has 2 N–H and O–H groups in total. The van der Waals surface area contributed by atoms with E-state index >= 15 is 0 Å². The molecular weight excluding hydrogens is 184 g/mol. The third-order valence-electron chi connectivity index (χ3n) is 1.62. The Labute approximate surface area is 81.7 Å². The highest BCUT2D eigenvalue weighted by Crippen LogP contribution is 2.09. The van der Waals surface area contributed by atoms with Crippen molar-refractivity contribution in [2.75, 3.05) is 17.7 Å². The largest absolute Gasteiger partial charge is 0.383 e. The highest BCUT2D eigenvalue weighted by molar-refractivity contribution is 7.99. The van der Waals surface area contributed by atoms with Crippen molar-refractivity contribution in [3.05, 3.63) is 23.9 Å². The fraction of sp³-hybridized carbons (Fsp3) is 0.333. The fourth-order valence-corrected chi connectivity index (χ4v) is 1.45. The maximum atomic E-state index is 11.3. The lowest BCUT2D eigenvalue weighted by Gasteiger charge is -2.01. The molecule has 4 heteroatoms. The fourth-order valence-electron chi connectivity index (χ4n) is 1.02. The van der Waals surface area contributed by atoms with Crippen molar-refractivity contribution in [1.29, 1.82) is 0 Å². The predicted molar refractivity (Wildman–Crippen MR) is 55.7 cm³/mol. The SMILES string of the molecule is CSCC(=O)Cc1cccnc1N. The van der Waals surface area contributed by atoms with Crippen LogP contribution in [0, 0.1) is 0 Å². The molecular formula is C9H12N2OS. The molecule has 0 atom stereocenters. The number of Topliss-reactive ketones (excluding diaryl/α,β-unsaturated/α-hetero) is 1. The van der Waals surface area contributed by atoms with E-state index < -0.39 is 0 Å². The van der Waals surface area contributed by atoms with E-state index in [9.17, 15) is 4.79 Å². The van der Waals surface area contributed by atoms with Gasteiger partial charge in [0.2, 0.25) is 0 Å². The van der Waals surface area contributed by atoms with Gasteiger partial charge in [-0.25, -0.2) is 4.98 Å². The molecule has 0 unspecified atom stereocenters. The molecule has 3 nitrogen and oxygen atoms in total. The van der Waals surface area contributed by atoms with Crippen LogP contribution in [0.5, 0.6) is 0 Å². The first-order valence-electron chi connectivity index (χ1n) is 3.94. The summed E-state index contributed by atoms with van der Waals surface area (Å²) in [6.07, 6.45) is 3.92. The van der Waals surface area contributed by atoms with Crippen LogP contribution in [0.3, 0.4) is 0 Å². The van der Waals surface area contributed by atoms with Crippen LogP contribution in [0.1, 0.15) is 5.56 Å². The number of nitrogens with zero attached hydrogens (tertiary/aromatic N) is 1. The molecule has 0 amide bonds. The summed E-state index contributed by atoms with van der Waals surface area (Å²) in [7, 11) is 0. The van der Waals surface area contributed by atoms with Crippen molar-refractivity contribution in [3.8, 4) is 0 Å². The Morgan fingerprint density at radius 2 is 2.46 bits per heavy atom. The second kappa shape index (κ2) is 4.87. The molecule has 0 saturated carbocycles. The first-order valence-corrected chi connectivity index (χ1v) is 5.33. The number of anilines is 1. The van der Waals surface area contributed by atoms with E-state index in [1.165, 1.54) is 11.8 Å². The van der Waals surface area contributed by atoms with E-state index in [1.807, 2.05) is 12.3 Å². The van der Waals surface area contributed by atoms with Gasteiger partial charge in [0.15, 0.2) is 0 Å². The number of nitrogens with two attached hydrogens (primary N) is 1. The molecule has 0 fully saturated rings. The van der Waals surface area contributed by atoms with Crippen LogP contribution in [0.25, 0.3) is 0 Å². The van der Waals surface area contributed by atoms with E-state index in [-0.39, 0.29) is 5.78 Å². The smallest absolute Gasteiger partial charge is 0.147 e. The summed E-state index contributed by atoms with van der Waals surface area (Å²) < 4.78 is 0. The number of hydrogen-bond donors (Lipinski definition) is 1. The van der Waals surface area contributed by atoms with Crippen LogP contribution >= 0.6 is 11.8 Å². The van der Waals surface area contributed by atoms with Gasteiger partial charge in [-0.05, 0) is 12.3 Å². The van der Waals surface area contributed by atoms with Crippen LogP contribution in [0.2, 0.25) is 0 Å². The number of carbonyl (C=O) groups excluding carboxylic acids is 1. The molecule has 0 aliphatic rings. The second-order valence-corrected chi connectivity index (χ2v) is 3.56. The number of pyridine rings is 1. The van der Waals surface area contributed by atoms with Crippen LogP contribution in [0.4, 0.5) is 5.82 Å². The Hall–Kier alpha value is -1.03.